The number of cyclic esters (lactones) is 1. The molecule has 0 fully saturated rings. The Morgan fingerprint density at radius 2 is 1.89 bits per heavy atom. The number of Topliss-reactive ketones (excluding diaryl/α,β-unsaturated/α-hetero) is 1. The first-order chi connectivity index (χ1) is 18.3. The lowest BCUT2D eigenvalue weighted by Gasteiger charge is -2.25. The molecule has 3 aromatic rings. The molecule has 5 rings (SSSR count). The quantitative estimate of drug-likeness (QED) is 0.369. The smallest absolute Gasteiger partial charge is 0.352 e. The number of pyridine rings is 2. The molecule has 1 aromatic carbocycles. The normalized spacial score (nSPS) is 14.8. The van der Waals surface area contributed by atoms with Gasteiger partial charge in [0.25, 0.3) is 5.56 Å². The number of amides is 1. The fraction of sp³-hybridized carbons (Fsp3) is 0.357. The van der Waals surface area contributed by atoms with Gasteiger partial charge in [0.05, 0.1) is 29.0 Å². The van der Waals surface area contributed by atoms with Gasteiger partial charge < -0.3 is 24.2 Å². The molecule has 4 heterocycles. The van der Waals surface area contributed by atoms with Crippen LogP contribution in [0.15, 0.2) is 41.2 Å². The van der Waals surface area contributed by atoms with Crippen LogP contribution in [0.2, 0.25) is 0 Å². The maximum atomic E-state index is 13.3. The number of nitrogens with zero attached hydrogens (tertiary/aromatic N) is 2. The van der Waals surface area contributed by atoms with Gasteiger partial charge in [0, 0.05) is 29.4 Å². The number of ether oxygens (including phenoxy) is 2. The first-order valence-electron chi connectivity index (χ1n) is 12.6. The van der Waals surface area contributed by atoms with Gasteiger partial charge in [-0.15, -0.1) is 0 Å². The summed E-state index contributed by atoms with van der Waals surface area (Å²) < 4.78 is 12.1. The van der Waals surface area contributed by atoms with Crippen molar-refractivity contribution in [2.45, 2.75) is 59.3 Å². The topological polar surface area (TPSA) is 134 Å². The molecule has 10 nitrogen and oxygen atoms in total. The maximum Gasteiger partial charge on any atom is 0.352 e. The second-order valence-corrected chi connectivity index (χ2v) is 8.85. The van der Waals surface area contributed by atoms with Crippen LogP contribution in [-0.4, -0.2) is 39.7 Å². The van der Waals surface area contributed by atoms with Crippen LogP contribution in [0, 0.1) is 0 Å². The maximum absolute atomic E-state index is 13.3. The number of ketones is 1. The van der Waals surface area contributed by atoms with Crippen LogP contribution in [-0.2, 0) is 41.8 Å². The minimum atomic E-state index is -1.43. The van der Waals surface area contributed by atoms with E-state index in [2.05, 4.69) is 5.32 Å². The summed E-state index contributed by atoms with van der Waals surface area (Å²) in [7, 11) is 0. The summed E-state index contributed by atoms with van der Waals surface area (Å²) in [5, 5.41) is 3.37. The van der Waals surface area contributed by atoms with Gasteiger partial charge in [0.2, 0.25) is 12.0 Å². The van der Waals surface area contributed by atoms with E-state index in [1.54, 1.807) is 10.6 Å². The predicted octanol–water partition coefficient (Wildman–Crippen LogP) is 2.97. The van der Waals surface area contributed by atoms with Gasteiger partial charge in [-0.2, -0.15) is 0 Å². The molecule has 1 amide bonds. The molecule has 1 atom stereocenters. The second kappa shape index (κ2) is 11.4. The molecule has 2 aliphatic rings. The summed E-state index contributed by atoms with van der Waals surface area (Å²) in [6.45, 7) is 5.09. The molecule has 1 N–H and O–H groups in total. The Labute approximate surface area is 219 Å². The monoisotopic (exact) mass is 519 g/mol. The van der Waals surface area contributed by atoms with Crippen LogP contribution in [0.1, 0.15) is 62.8 Å². The summed E-state index contributed by atoms with van der Waals surface area (Å²) in [5.41, 5.74) is 2.98. The summed E-state index contributed by atoms with van der Waals surface area (Å²) in [6.07, 6.45) is -0.696. The van der Waals surface area contributed by atoms with E-state index < -0.39 is 30.5 Å². The highest BCUT2D eigenvalue weighted by Crippen LogP contribution is 2.36. The lowest BCUT2D eigenvalue weighted by molar-refractivity contribution is -0.171. The van der Waals surface area contributed by atoms with Crippen LogP contribution in [0.25, 0.3) is 22.3 Å². The van der Waals surface area contributed by atoms with Crippen molar-refractivity contribution in [3.8, 4) is 11.4 Å². The minimum Gasteiger partial charge on any atom is -0.458 e. The zero-order valence-electron chi connectivity index (χ0n) is 21.5. The third-order valence-corrected chi connectivity index (χ3v) is 6.28. The zero-order chi connectivity index (χ0) is 27.4. The molecule has 1 unspecified atom stereocenters. The Bertz CT molecular complexity index is 1490. The van der Waals surface area contributed by atoms with Gasteiger partial charge in [0.1, 0.15) is 18.9 Å². The molecule has 0 saturated carbocycles. The number of rotatable bonds is 7. The minimum absolute atomic E-state index is 0.0231. The molecule has 0 spiro atoms. The van der Waals surface area contributed by atoms with E-state index in [0.717, 1.165) is 16.5 Å². The number of benzene rings is 1. The van der Waals surface area contributed by atoms with E-state index in [-0.39, 0.29) is 41.9 Å². The standard InChI is InChI=1S/C26H23N3O7.C2H6/c1-14(30)5-4-8-21(31)27-11-22(32)36-24-17-10-20-23-16(9-15-6-2-3-7-19(15)28-23)12-29(20)25(33)18(17)13-35-26(24)34;1-2/h2-3,6-7,9-10,24H,4-5,8,11-13H2,1H3,(H,27,31);1-2H3. The average Bonchev–Trinajstić information content (AvgIpc) is 3.26. The number of nitrogens with one attached hydrogen (secondary N) is 1. The summed E-state index contributed by atoms with van der Waals surface area (Å²) >= 11 is 0. The Morgan fingerprint density at radius 3 is 2.66 bits per heavy atom. The van der Waals surface area contributed by atoms with E-state index in [1.807, 2.05) is 44.2 Å². The third kappa shape index (κ3) is 5.34. The van der Waals surface area contributed by atoms with Gasteiger partial charge in [-0.25, -0.2) is 9.78 Å². The highest BCUT2D eigenvalue weighted by Gasteiger charge is 2.37. The largest absolute Gasteiger partial charge is 0.458 e. The van der Waals surface area contributed by atoms with Crippen molar-refractivity contribution in [1.29, 1.82) is 0 Å². The number of carbonyl (C=O) groups is 4. The fourth-order valence-corrected chi connectivity index (χ4v) is 4.50. The molecule has 0 bridgehead atoms. The highest BCUT2D eigenvalue weighted by atomic mass is 16.6. The van der Waals surface area contributed by atoms with Crippen molar-refractivity contribution in [2.24, 2.45) is 0 Å². The van der Waals surface area contributed by atoms with Crippen molar-refractivity contribution in [2.75, 3.05) is 6.54 Å². The van der Waals surface area contributed by atoms with Gasteiger partial charge in [-0.1, -0.05) is 32.0 Å². The van der Waals surface area contributed by atoms with Gasteiger partial charge in [0.15, 0.2) is 0 Å². The Morgan fingerprint density at radius 1 is 1.13 bits per heavy atom. The van der Waals surface area contributed by atoms with E-state index >= 15 is 0 Å². The van der Waals surface area contributed by atoms with Crippen molar-refractivity contribution in [1.82, 2.24) is 14.9 Å². The number of para-hydroxylation sites is 1. The van der Waals surface area contributed by atoms with Crippen molar-refractivity contribution < 1.29 is 28.7 Å². The molecular weight excluding hydrogens is 490 g/mol. The van der Waals surface area contributed by atoms with Crippen LogP contribution in [0.3, 0.4) is 0 Å². The Balaban J connectivity index is 0.00000164. The molecule has 10 heteroatoms. The SMILES string of the molecule is CC.CC(=O)CCCC(=O)NCC(=O)OC1C(=O)OCc2c1cc1n(c2=O)Cc2cc3ccccc3nc2-1. The molecule has 0 radical (unpaired) electrons. The van der Waals surface area contributed by atoms with Crippen molar-refractivity contribution >= 4 is 34.5 Å². The van der Waals surface area contributed by atoms with Crippen LogP contribution < -0.4 is 10.9 Å². The number of hydrogen-bond donors (Lipinski definition) is 1. The molecule has 198 valence electrons. The van der Waals surface area contributed by atoms with E-state index in [4.69, 9.17) is 14.5 Å². The Kier molecular flexibility index (Phi) is 7.99. The summed E-state index contributed by atoms with van der Waals surface area (Å²) in [6, 6.07) is 11.3. The first kappa shape index (κ1) is 26.7. The zero-order valence-corrected chi connectivity index (χ0v) is 21.5. The number of aromatic nitrogens is 2. The number of fused-ring (bicyclic) bond motifs is 5. The number of esters is 2. The van der Waals surface area contributed by atoms with E-state index in [1.165, 1.54) is 6.92 Å². The first-order valence-corrected chi connectivity index (χ1v) is 12.6. The van der Waals surface area contributed by atoms with Crippen molar-refractivity contribution in [3.63, 3.8) is 0 Å². The molecule has 0 aliphatic carbocycles. The second-order valence-electron chi connectivity index (χ2n) is 8.85. The van der Waals surface area contributed by atoms with Gasteiger partial charge in [-0.3, -0.25) is 14.4 Å². The summed E-state index contributed by atoms with van der Waals surface area (Å²) in [4.78, 5) is 65.8. The number of hydrogen-bond acceptors (Lipinski definition) is 8. The lowest BCUT2D eigenvalue weighted by atomic mass is 10.00. The molecule has 2 aromatic heterocycles. The van der Waals surface area contributed by atoms with Crippen LogP contribution >= 0.6 is 0 Å². The average molecular weight is 520 g/mol. The summed E-state index contributed by atoms with van der Waals surface area (Å²) in [5.74, 6) is -2.08. The molecule has 2 aliphatic heterocycles. The molecule has 38 heavy (non-hydrogen) atoms. The van der Waals surface area contributed by atoms with Crippen LogP contribution in [0.4, 0.5) is 0 Å². The molecular formula is C28H29N3O7. The van der Waals surface area contributed by atoms with Gasteiger partial charge in [-0.05, 0) is 31.5 Å². The number of carbonyl (C=O) groups excluding carboxylic acids is 4. The van der Waals surface area contributed by atoms with E-state index in [0.29, 0.717) is 24.4 Å². The predicted molar refractivity (Wildman–Crippen MR) is 138 cm³/mol. The fourth-order valence-electron chi connectivity index (χ4n) is 4.50. The highest BCUT2D eigenvalue weighted by molar-refractivity contribution is 5.87. The molecule has 0 saturated heterocycles. The van der Waals surface area contributed by atoms with E-state index in [9.17, 15) is 24.0 Å². The van der Waals surface area contributed by atoms with Crippen LogP contribution in [0.5, 0.6) is 0 Å². The van der Waals surface area contributed by atoms with Gasteiger partial charge >= 0.3 is 11.9 Å². The lowest BCUT2D eigenvalue weighted by Crippen LogP contribution is -2.36. The third-order valence-electron chi connectivity index (χ3n) is 6.28. The Hall–Kier alpha value is -4.34. The van der Waals surface area contributed by atoms with Crippen molar-refractivity contribution in [3.05, 3.63) is 63.4 Å².